The summed E-state index contributed by atoms with van der Waals surface area (Å²) in [6.07, 6.45) is -0.894. The molecular weight excluding hydrogens is 610 g/mol. The molecule has 0 aliphatic heterocycles. The zero-order valence-corrected chi connectivity index (χ0v) is 25.8. The van der Waals surface area contributed by atoms with E-state index in [4.69, 9.17) is 23.7 Å². The first kappa shape index (κ1) is 30.4. The van der Waals surface area contributed by atoms with Crippen molar-refractivity contribution < 1.29 is 38.4 Å². The predicted molar refractivity (Wildman–Crippen MR) is 172 cm³/mol. The molecule has 1 N–H and O–H groups in total. The monoisotopic (exact) mass is 639 g/mol. The number of carbonyl (C=O) groups excluding carboxylic acids is 1. The van der Waals surface area contributed by atoms with Crippen molar-refractivity contribution in [3.63, 3.8) is 0 Å². The van der Waals surface area contributed by atoms with Gasteiger partial charge in [0, 0.05) is 23.1 Å². The Morgan fingerprint density at radius 2 is 1.67 bits per heavy atom. The first-order valence-corrected chi connectivity index (χ1v) is 15.1. The molecule has 6 rings (SSSR count). The summed E-state index contributed by atoms with van der Waals surface area (Å²) in [5, 5.41) is 10.1. The fourth-order valence-electron chi connectivity index (χ4n) is 5.09. The number of nitrogens with zero attached hydrogens (tertiary/aromatic N) is 3. The fourth-order valence-corrected chi connectivity index (χ4v) is 5.61. The van der Waals surface area contributed by atoms with Crippen LogP contribution >= 0.6 is 11.7 Å². The van der Waals surface area contributed by atoms with Gasteiger partial charge in [0.1, 0.15) is 34.9 Å². The number of hydrogen-bond acceptors (Lipinski definition) is 10. The van der Waals surface area contributed by atoms with Crippen LogP contribution in [0.2, 0.25) is 0 Å². The van der Waals surface area contributed by atoms with Crippen molar-refractivity contribution in [2.75, 3.05) is 20.3 Å². The molecule has 0 saturated carbocycles. The third-order valence-electron chi connectivity index (χ3n) is 7.15. The Balaban J connectivity index is 1.55. The number of carboxylic acids is 1. The minimum Gasteiger partial charge on any atom is -0.497 e. The van der Waals surface area contributed by atoms with Gasteiger partial charge < -0.3 is 33.4 Å². The van der Waals surface area contributed by atoms with Crippen LogP contribution in [0.5, 0.6) is 23.1 Å². The highest BCUT2D eigenvalue weighted by molar-refractivity contribution is 7.00. The number of ether oxygens (including phenoxy) is 5. The highest BCUT2D eigenvalue weighted by Gasteiger charge is 2.26. The van der Waals surface area contributed by atoms with Crippen molar-refractivity contribution >= 4 is 45.8 Å². The van der Waals surface area contributed by atoms with E-state index in [0.717, 1.165) is 33.9 Å². The van der Waals surface area contributed by atoms with Crippen molar-refractivity contribution in [1.82, 2.24) is 13.3 Å². The molecule has 0 amide bonds. The molecule has 0 radical (unpaired) electrons. The topological polar surface area (TPSA) is 131 Å². The Kier molecular flexibility index (Phi) is 8.97. The summed E-state index contributed by atoms with van der Waals surface area (Å²) in [4.78, 5) is 24.4. The molecule has 46 heavy (non-hydrogen) atoms. The first-order chi connectivity index (χ1) is 22.4. The lowest BCUT2D eigenvalue weighted by molar-refractivity contribution is -0.139. The van der Waals surface area contributed by atoms with E-state index in [0.29, 0.717) is 40.1 Å². The molecule has 4 aromatic carbocycles. The zero-order chi connectivity index (χ0) is 32.0. The van der Waals surface area contributed by atoms with Gasteiger partial charge in [0.2, 0.25) is 5.88 Å². The van der Waals surface area contributed by atoms with E-state index in [2.05, 4.69) is 8.75 Å². The van der Waals surface area contributed by atoms with Gasteiger partial charge in [-0.2, -0.15) is 8.75 Å². The Morgan fingerprint density at radius 1 is 0.870 bits per heavy atom. The van der Waals surface area contributed by atoms with Crippen LogP contribution in [0.4, 0.5) is 4.79 Å². The van der Waals surface area contributed by atoms with E-state index in [-0.39, 0.29) is 24.8 Å². The van der Waals surface area contributed by atoms with Gasteiger partial charge in [0.05, 0.1) is 43.1 Å². The zero-order valence-electron chi connectivity index (χ0n) is 25.0. The molecule has 0 aliphatic carbocycles. The second-order valence-corrected chi connectivity index (χ2v) is 10.7. The van der Waals surface area contributed by atoms with Crippen LogP contribution in [0.1, 0.15) is 18.1 Å². The molecule has 234 valence electrons. The number of carboxylic acid groups (broad SMARTS) is 1. The molecule has 11 nitrogen and oxygen atoms in total. The quantitative estimate of drug-likeness (QED) is 0.140. The molecule has 0 atom stereocenters. The van der Waals surface area contributed by atoms with Crippen LogP contribution in [0, 0.1) is 0 Å². The van der Waals surface area contributed by atoms with E-state index in [1.807, 2.05) is 71.3 Å². The molecule has 0 unspecified atom stereocenters. The molecule has 2 heterocycles. The number of methoxy groups -OCH3 is 1. The number of benzene rings is 4. The molecule has 0 aliphatic rings. The third-order valence-corrected chi connectivity index (χ3v) is 7.70. The van der Waals surface area contributed by atoms with Gasteiger partial charge >= 0.3 is 12.1 Å². The Morgan fingerprint density at radius 3 is 2.46 bits per heavy atom. The van der Waals surface area contributed by atoms with Crippen LogP contribution in [-0.4, -0.2) is 50.9 Å². The van der Waals surface area contributed by atoms with Crippen molar-refractivity contribution in [3.8, 4) is 34.3 Å². The summed E-state index contributed by atoms with van der Waals surface area (Å²) in [6, 6.07) is 26.2. The third kappa shape index (κ3) is 6.57. The van der Waals surface area contributed by atoms with E-state index < -0.39 is 18.7 Å². The smallest absolute Gasteiger partial charge is 0.497 e. The number of aliphatic carboxylic acids is 1. The normalized spacial score (nSPS) is 11.0. The van der Waals surface area contributed by atoms with Gasteiger partial charge in [0.25, 0.3) is 0 Å². The molecule has 0 spiro atoms. The van der Waals surface area contributed by atoms with E-state index in [1.54, 1.807) is 25.1 Å². The Hall–Kier alpha value is -5.62. The Labute approximate surface area is 267 Å². The minimum atomic E-state index is -1.15. The van der Waals surface area contributed by atoms with E-state index in [1.165, 1.54) is 7.11 Å². The first-order valence-electron chi connectivity index (χ1n) is 14.3. The van der Waals surface area contributed by atoms with Crippen molar-refractivity contribution in [2.24, 2.45) is 0 Å². The maximum atomic E-state index is 12.9. The summed E-state index contributed by atoms with van der Waals surface area (Å²) in [6.45, 7) is 1.83. The minimum absolute atomic E-state index is 0.106. The maximum absolute atomic E-state index is 12.9. The van der Waals surface area contributed by atoms with Gasteiger partial charge in [-0.05, 0) is 54.4 Å². The van der Waals surface area contributed by atoms with Crippen LogP contribution in [0.3, 0.4) is 0 Å². The van der Waals surface area contributed by atoms with Crippen LogP contribution in [0.25, 0.3) is 33.1 Å². The maximum Gasteiger partial charge on any atom is 0.515 e. The lowest BCUT2D eigenvalue weighted by Gasteiger charge is -2.15. The Bertz CT molecular complexity index is 2020. The van der Waals surface area contributed by atoms with Crippen LogP contribution in [-0.2, 0) is 22.7 Å². The summed E-state index contributed by atoms with van der Waals surface area (Å²) in [5.41, 5.74) is 5.10. The summed E-state index contributed by atoms with van der Waals surface area (Å²) in [5.74, 6) is 0.318. The predicted octanol–water partition coefficient (Wildman–Crippen LogP) is 6.95. The second-order valence-electron chi connectivity index (χ2n) is 10.1. The summed E-state index contributed by atoms with van der Waals surface area (Å²) in [7, 11) is 1.50. The van der Waals surface area contributed by atoms with Gasteiger partial charge in [-0.3, -0.25) is 0 Å². The van der Waals surface area contributed by atoms with Crippen LogP contribution < -0.4 is 18.9 Å². The molecular formula is C34H29N3O8S. The van der Waals surface area contributed by atoms with Gasteiger partial charge in [-0.1, -0.05) is 36.4 Å². The average Bonchev–Trinajstić information content (AvgIpc) is 3.65. The standard InChI is InChI=1S/C34H29N3O8S/c1-3-42-34(40)45-33-32(26-13-10-23(41-2)17-30(26)44-20-31(38)39)25-12-11-24(43-19-21-7-5-4-6-8-21)16-29(25)37(33)18-22-9-14-27-28(15-22)36-46-35-27/h4-17H,3,18-20H2,1-2H3,(H,38,39). The van der Waals surface area contributed by atoms with E-state index in [9.17, 15) is 14.7 Å². The molecule has 2 aromatic heterocycles. The van der Waals surface area contributed by atoms with Crippen molar-refractivity contribution in [1.29, 1.82) is 0 Å². The molecule has 6 aromatic rings. The molecule has 0 bridgehead atoms. The van der Waals surface area contributed by atoms with Crippen LogP contribution in [0.15, 0.2) is 84.9 Å². The highest BCUT2D eigenvalue weighted by atomic mass is 32.1. The number of carbonyl (C=O) groups is 2. The van der Waals surface area contributed by atoms with E-state index >= 15 is 0 Å². The fraction of sp³-hybridized carbons (Fsp3) is 0.176. The van der Waals surface area contributed by atoms with Gasteiger partial charge in [0.15, 0.2) is 6.61 Å². The largest absolute Gasteiger partial charge is 0.515 e. The lowest BCUT2D eigenvalue weighted by atomic mass is 10.0. The number of fused-ring (bicyclic) bond motifs is 2. The lowest BCUT2D eigenvalue weighted by Crippen LogP contribution is -2.14. The second kappa shape index (κ2) is 13.6. The SMILES string of the molecule is CCOC(=O)Oc1c(-c2ccc(OC)cc2OCC(=O)O)c2ccc(OCc3ccccc3)cc2n1Cc1ccc2nsnc2c1. The van der Waals surface area contributed by atoms with Crippen molar-refractivity contribution in [3.05, 3.63) is 96.1 Å². The molecule has 0 fully saturated rings. The molecule has 12 heteroatoms. The average molecular weight is 640 g/mol. The highest BCUT2D eigenvalue weighted by Crippen LogP contribution is 2.46. The number of hydrogen-bond donors (Lipinski definition) is 1. The number of rotatable bonds is 12. The molecule has 0 saturated heterocycles. The van der Waals surface area contributed by atoms with Gasteiger partial charge in [-0.25, -0.2) is 9.59 Å². The van der Waals surface area contributed by atoms with Crippen molar-refractivity contribution in [2.45, 2.75) is 20.1 Å². The summed E-state index contributed by atoms with van der Waals surface area (Å²) < 4.78 is 39.0. The number of aromatic nitrogens is 3. The van der Waals surface area contributed by atoms with Gasteiger partial charge in [-0.15, -0.1) is 0 Å². The summed E-state index contributed by atoms with van der Waals surface area (Å²) >= 11 is 1.13.